The van der Waals surface area contributed by atoms with E-state index in [1.807, 2.05) is 0 Å². The van der Waals surface area contributed by atoms with Gasteiger partial charge in [0, 0.05) is 5.92 Å². The van der Waals surface area contributed by atoms with Gasteiger partial charge in [-0.25, -0.2) is 0 Å². The Balaban J connectivity index is 2.89. The van der Waals surface area contributed by atoms with Crippen LogP contribution >= 0.6 is 0 Å². The van der Waals surface area contributed by atoms with Crippen LogP contribution in [0.5, 0.6) is 0 Å². The zero-order valence-corrected chi connectivity index (χ0v) is 8.47. The first-order valence-corrected chi connectivity index (χ1v) is 4.52. The summed E-state index contributed by atoms with van der Waals surface area (Å²) >= 11 is 0. The Morgan fingerprint density at radius 3 is 2.87 bits per heavy atom. The molecule has 2 unspecified atom stereocenters. The summed E-state index contributed by atoms with van der Waals surface area (Å²) in [5, 5.41) is 2.68. The van der Waals surface area contributed by atoms with Gasteiger partial charge in [-0.3, -0.25) is 9.59 Å². The Hall–Kier alpha value is -1.84. The van der Waals surface area contributed by atoms with Gasteiger partial charge in [-0.15, -0.1) is 6.58 Å². The molecule has 80 valence electrons. The SMILES string of the molecule is C=CC1C=C(C=O)C(=O)NC1/C=C/OC. The number of aldehydes is 1. The summed E-state index contributed by atoms with van der Waals surface area (Å²) in [6.07, 6.45) is 7.02. The summed E-state index contributed by atoms with van der Waals surface area (Å²) in [6, 6.07) is -0.210. The molecule has 1 aliphatic heterocycles. The molecular formula is C11H13NO3. The average molecular weight is 207 g/mol. The minimum Gasteiger partial charge on any atom is -0.505 e. The van der Waals surface area contributed by atoms with Crippen LogP contribution < -0.4 is 5.32 Å². The second-order valence-corrected chi connectivity index (χ2v) is 3.12. The quantitative estimate of drug-likeness (QED) is 0.317. The van der Waals surface area contributed by atoms with Crippen molar-refractivity contribution in [2.75, 3.05) is 7.11 Å². The smallest absolute Gasteiger partial charge is 0.254 e. The number of carbonyl (C=O) groups excluding carboxylic acids is 2. The number of amides is 1. The van der Waals surface area contributed by atoms with Gasteiger partial charge >= 0.3 is 0 Å². The van der Waals surface area contributed by atoms with Gasteiger partial charge in [0.1, 0.15) is 0 Å². The van der Waals surface area contributed by atoms with Crippen molar-refractivity contribution in [2.24, 2.45) is 5.92 Å². The van der Waals surface area contributed by atoms with Crippen molar-refractivity contribution in [3.63, 3.8) is 0 Å². The summed E-state index contributed by atoms with van der Waals surface area (Å²) in [5.41, 5.74) is 0.141. The molecule has 15 heavy (non-hydrogen) atoms. The van der Waals surface area contributed by atoms with Crippen molar-refractivity contribution in [1.29, 1.82) is 0 Å². The molecule has 0 bridgehead atoms. The summed E-state index contributed by atoms with van der Waals surface area (Å²) in [4.78, 5) is 21.9. The van der Waals surface area contributed by atoms with Crippen molar-refractivity contribution in [2.45, 2.75) is 6.04 Å². The number of rotatable bonds is 4. The van der Waals surface area contributed by atoms with Crippen LogP contribution in [0.25, 0.3) is 0 Å². The molecular weight excluding hydrogens is 194 g/mol. The zero-order valence-electron chi connectivity index (χ0n) is 8.47. The number of hydrogen-bond donors (Lipinski definition) is 1. The molecule has 0 radical (unpaired) electrons. The Morgan fingerprint density at radius 2 is 2.33 bits per heavy atom. The first-order valence-electron chi connectivity index (χ1n) is 4.52. The van der Waals surface area contributed by atoms with Crippen molar-refractivity contribution >= 4 is 12.2 Å². The van der Waals surface area contributed by atoms with E-state index in [0.717, 1.165) is 0 Å². The van der Waals surface area contributed by atoms with Crippen LogP contribution in [-0.2, 0) is 14.3 Å². The molecule has 1 rings (SSSR count). The van der Waals surface area contributed by atoms with E-state index in [4.69, 9.17) is 4.74 Å². The molecule has 0 aliphatic carbocycles. The molecule has 4 heteroatoms. The number of ether oxygens (including phenoxy) is 1. The van der Waals surface area contributed by atoms with E-state index < -0.39 is 0 Å². The van der Waals surface area contributed by atoms with Gasteiger partial charge in [0.25, 0.3) is 5.91 Å². The molecule has 0 aromatic heterocycles. The molecule has 4 nitrogen and oxygen atoms in total. The number of hydrogen-bond acceptors (Lipinski definition) is 3. The summed E-state index contributed by atoms with van der Waals surface area (Å²) in [7, 11) is 1.52. The largest absolute Gasteiger partial charge is 0.505 e. The minimum absolute atomic E-state index is 0.0886. The summed E-state index contributed by atoms with van der Waals surface area (Å²) < 4.78 is 4.77. The van der Waals surface area contributed by atoms with Crippen LogP contribution in [-0.4, -0.2) is 25.3 Å². The fourth-order valence-electron chi connectivity index (χ4n) is 1.36. The Morgan fingerprint density at radius 1 is 1.60 bits per heavy atom. The lowest BCUT2D eigenvalue weighted by Crippen LogP contribution is -2.42. The van der Waals surface area contributed by atoms with Gasteiger partial charge in [-0.1, -0.05) is 12.2 Å². The predicted molar refractivity (Wildman–Crippen MR) is 55.9 cm³/mol. The molecule has 1 amide bonds. The average Bonchev–Trinajstić information content (AvgIpc) is 2.26. The van der Waals surface area contributed by atoms with Gasteiger partial charge in [0.15, 0.2) is 6.29 Å². The van der Waals surface area contributed by atoms with Crippen LogP contribution in [0.1, 0.15) is 0 Å². The van der Waals surface area contributed by atoms with Crippen LogP contribution in [0.4, 0.5) is 0 Å². The van der Waals surface area contributed by atoms with E-state index in [0.29, 0.717) is 6.29 Å². The predicted octanol–water partition coefficient (Wildman–Crippen LogP) is 0.572. The summed E-state index contributed by atoms with van der Waals surface area (Å²) in [5.74, 6) is -0.455. The first-order chi connectivity index (χ1) is 7.22. The lowest BCUT2D eigenvalue weighted by molar-refractivity contribution is -0.120. The second kappa shape index (κ2) is 5.14. The molecule has 1 aliphatic rings. The molecule has 0 saturated carbocycles. The maximum absolute atomic E-state index is 11.3. The van der Waals surface area contributed by atoms with E-state index in [2.05, 4.69) is 11.9 Å². The normalized spacial score (nSPS) is 25.7. The van der Waals surface area contributed by atoms with Gasteiger partial charge in [0.05, 0.1) is 25.0 Å². The van der Waals surface area contributed by atoms with Crippen LogP contribution in [0, 0.1) is 5.92 Å². The third-order valence-corrected chi connectivity index (χ3v) is 2.17. The molecule has 1 N–H and O–H groups in total. The fraction of sp³-hybridized carbons (Fsp3) is 0.273. The monoisotopic (exact) mass is 207 g/mol. The van der Waals surface area contributed by atoms with Crippen molar-refractivity contribution < 1.29 is 14.3 Å². The molecule has 1 heterocycles. The Labute approximate surface area is 88.3 Å². The van der Waals surface area contributed by atoms with Gasteiger partial charge in [-0.2, -0.15) is 0 Å². The Bertz CT molecular complexity index is 331. The molecule has 0 fully saturated rings. The highest BCUT2D eigenvalue weighted by Crippen LogP contribution is 2.16. The number of methoxy groups -OCH3 is 1. The Kier molecular flexibility index (Phi) is 3.85. The van der Waals surface area contributed by atoms with Crippen LogP contribution in [0.2, 0.25) is 0 Å². The lowest BCUT2D eigenvalue weighted by Gasteiger charge is -2.25. The maximum Gasteiger partial charge on any atom is 0.254 e. The number of nitrogens with one attached hydrogen (secondary N) is 1. The molecule has 0 saturated heterocycles. The second-order valence-electron chi connectivity index (χ2n) is 3.12. The van der Waals surface area contributed by atoms with Crippen molar-refractivity contribution in [3.8, 4) is 0 Å². The van der Waals surface area contributed by atoms with Gasteiger partial charge in [-0.05, 0) is 6.08 Å². The van der Waals surface area contributed by atoms with E-state index in [9.17, 15) is 9.59 Å². The van der Waals surface area contributed by atoms with E-state index in [-0.39, 0.29) is 23.4 Å². The standard InChI is InChI=1S/C11H13NO3/c1-3-8-6-9(7-13)11(14)12-10(8)4-5-15-2/h3-8,10H,1H2,2H3,(H,12,14)/b5-4+. The van der Waals surface area contributed by atoms with Crippen LogP contribution in [0.15, 0.2) is 36.6 Å². The maximum atomic E-state index is 11.3. The fourth-order valence-corrected chi connectivity index (χ4v) is 1.36. The minimum atomic E-state index is -0.367. The first kappa shape index (κ1) is 11.2. The molecule has 0 spiro atoms. The topological polar surface area (TPSA) is 55.4 Å². The molecule has 0 aromatic carbocycles. The zero-order chi connectivity index (χ0) is 11.3. The van der Waals surface area contributed by atoms with Gasteiger partial charge in [0.2, 0.25) is 0 Å². The lowest BCUT2D eigenvalue weighted by atomic mass is 9.93. The number of carbonyl (C=O) groups is 2. The van der Waals surface area contributed by atoms with Crippen LogP contribution in [0.3, 0.4) is 0 Å². The highest BCUT2D eigenvalue weighted by molar-refractivity contribution is 6.11. The molecule has 2 atom stereocenters. The highest BCUT2D eigenvalue weighted by Gasteiger charge is 2.25. The van der Waals surface area contributed by atoms with E-state index in [1.54, 1.807) is 18.2 Å². The highest BCUT2D eigenvalue weighted by atomic mass is 16.5. The third-order valence-electron chi connectivity index (χ3n) is 2.17. The summed E-state index contributed by atoms with van der Waals surface area (Å²) in [6.45, 7) is 3.65. The van der Waals surface area contributed by atoms with E-state index in [1.165, 1.54) is 13.4 Å². The van der Waals surface area contributed by atoms with E-state index >= 15 is 0 Å². The van der Waals surface area contributed by atoms with Gasteiger partial charge < -0.3 is 10.1 Å². The van der Waals surface area contributed by atoms with Crippen molar-refractivity contribution in [1.82, 2.24) is 5.32 Å². The molecule has 0 aromatic rings. The van der Waals surface area contributed by atoms with Crippen molar-refractivity contribution in [3.05, 3.63) is 36.6 Å². The third kappa shape index (κ3) is 2.56.